The number of hydrogen-bond donors (Lipinski definition) is 0. The summed E-state index contributed by atoms with van der Waals surface area (Å²) in [5, 5.41) is -0.419. The molecular weight excluding hydrogens is 421 g/mol. The Labute approximate surface area is 163 Å². The van der Waals surface area contributed by atoms with Gasteiger partial charge >= 0.3 is 0 Å². The van der Waals surface area contributed by atoms with Gasteiger partial charge in [-0.15, -0.1) is 0 Å². The summed E-state index contributed by atoms with van der Waals surface area (Å²) in [6.45, 7) is 2.26. The fourth-order valence-corrected chi connectivity index (χ4v) is 3.70. The zero-order valence-corrected chi connectivity index (χ0v) is 16.3. The van der Waals surface area contributed by atoms with Crippen LogP contribution in [0.25, 0.3) is 6.08 Å². The quantitative estimate of drug-likeness (QED) is 0.603. The Morgan fingerprint density at radius 1 is 1.23 bits per heavy atom. The third-order valence-corrected chi connectivity index (χ3v) is 5.12. The molecule has 0 spiro atoms. The highest BCUT2D eigenvalue weighted by molar-refractivity contribution is 9.10. The number of amides is 2. The molecule has 1 heterocycles. The number of hydrogen-bond acceptors (Lipinski definition) is 4. The van der Waals surface area contributed by atoms with E-state index >= 15 is 0 Å². The molecule has 1 fully saturated rings. The van der Waals surface area contributed by atoms with Gasteiger partial charge < -0.3 is 4.74 Å². The van der Waals surface area contributed by atoms with Gasteiger partial charge in [0.25, 0.3) is 11.1 Å². The van der Waals surface area contributed by atoms with E-state index in [1.165, 1.54) is 6.07 Å². The van der Waals surface area contributed by atoms with Gasteiger partial charge in [0.2, 0.25) is 0 Å². The van der Waals surface area contributed by atoms with E-state index in [9.17, 15) is 14.0 Å². The van der Waals surface area contributed by atoms with Crippen LogP contribution in [0.15, 0.2) is 51.8 Å². The highest BCUT2D eigenvalue weighted by Gasteiger charge is 2.35. The summed E-state index contributed by atoms with van der Waals surface area (Å²) in [5.41, 5.74) is 0.992. The standard InChI is InChI=1S/C19H15BrFNO3S/c1-2-25-16-8-7-14(20)9-13(16)10-17-18(23)22(19(24)26-17)11-12-5-3-4-6-15(12)21/h3-10H,2,11H2,1H3/b17-10-. The molecule has 2 amide bonds. The van der Waals surface area contributed by atoms with Gasteiger partial charge in [0, 0.05) is 15.6 Å². The molecule has 0 radical (unpaired) electrons. The van der Waals surface area contributed by atoms with Crippen molar-refractivity contribution >= 4 is 44.9 Å². The maximum atomic E-state index is 13.8. The second kappa shape index (κ2) is 8.05. The van der Waals surface area contributed by atoms with Gasteiger partial charge in [-0.3, -0.25) is 14.5 Å². The molecule has 1 saturated heterocycles. The van der Waals surface area contributed by atoms with Crippen molar-refractivity contribution in [1.29, 1.82) is 0 Å². The molecule has 26 heavy (non-hydrogen) atoms. The van der Waals surface area contributed by atoms with E-state index in [0.717, 1.165) is 21.1 Å². The van der Waals surface area contributed by atoms with Gasteiger partial charge in [-0.05, 0) is 49.0 Å². The SMILES string of the molecule is CCOc1ccc(Br)cc1/C=C1\SC(=O)N(Cc2ccccc2F)C1=O. The number of halogens is 2. The minimum absolute atomic E-state index is 0.0918. The molecule has 0 saturated carbocycles. The van der Waals surface area contributed by atoms with Crippen molar-refractivity contribution in [2.24, 2.45) is 0 Å². The minimum Gasteiger partial charge on any atom is -0.493 e. The highest BCUT2D eigenvalue weighted by atomic mass is 79.9. The van der Waals surface area contributed by atoms with Gasteiger partial charge in [0.1, 0.15) is 11.6 Å². The van der Waals surface area contributed by atoms with Crippen LogP contribution in [0.3, 0.4) is 0 Å². The van der Waals surface area contributed by atoms with E-state index < -0.39 is 17.0 Å². The molecule has 0 bridgehead atoms. The zero-order chi connectivity index (χ0) is 18.7. The maximum Gasteiger partial charge on any atom is 0.293 e. The average molecular weight is 436 g/mol. The van der Waals surface area contributed by atoms with Crippen molar-refractivity contribution in [3.05, 3.63) is 68.8 Å². The third kappa shape index (κ3) is 3.99. The first kappa shape index (κ1) is 18.7. The lowest BCUT2D eigenvalue weighted by molar-refractivity contribution is -0.123. The molecule has 1 aliphatic rings. The lowest BCUT2D eigenvalue weighted by Crippen LogP contribution is -2.27. The molecule has 2 aromatic carbocycles. The summed E-state index contributed by atoms with van der Waals surface area (Å²) >= 11 is 4.23. The number of carbonyl (C=O) groups is 2. The number of benzene rings is 2. The van der Waals surface area contributed by atoms with Crippen molar-refractivity contribution in [1.82, 2.24) is 4.90 Å². The highest BCUT2D eigenvalue weighted by Crippen LogP contribution is 2.35. The number of carbonyl (C=O) groups excluding carboxylic acids is 2. The van der Waals surface area contributed by atoms with E-state index in [1.54, 1.807) is 30.3 Å². The number of rotatable bonds is 5. The Hall–Kier alpha value is -2.12. The molecule has 2 aromatic rings. The number of imide groups is 1. The Balaban J connectivity index is 1.88. The topological polar surface area (TPSA) is 46.6 Å². The summed E-state index contributed by atoms with van der Waals surface area (Å²) < 4.78 is 20.2. The molecule has 3 rings (SSSR count). The molecule has 0 unspecified atom stereocenters. The number of ether oxygens (including phenoxy) is 1. The maximum absolute atomic E-state index is 13.8. The summed E-state index contributed by atoms with van der Waals surface area (Å²) in [4.78, 5) is 26.2. The van der Waals surface area contributed by atoms with Crippen LogP contribution in [0.1, 0.15) is 18.1 Å². The fraction of sp³-hybridized carbons (Fsp3) is 0.158. The molecule has 1 aliphatic heterocycles. The predicted molar refractivity (Wildman–Crippen MR) is 103 cm³/mol. The Morgan fingerprint density at radius 2 is 2.00 bits per heavy atom. The molecule has 0 N–H and O–H groups in total. The van der Waals surface area contributed by atoms with Crippen LogP contribution < -0.4 is 4.74 Å². The van der Waals surface area contributed by atoms with E-state index in [1.807, 2.05) is 19.1 Å². The van der Waals surface area contributed by atoms with Crippen molar-refractivity contribution in [2.45, 2.75) is 13.5 Å². The van der Waals surface area contributed by atoms with Crippen LogP contribution in [-0.4, -0.2) is 22.7 Å². The van der Waals surface area contributed by atoms with Gasteiger partial charge in [-0.1, -0.05) is 34.1 Å². The smallest absolute Gasteiger partial charge is 0.293 e. The molecular formula is C19H15BrFNO3S. The summed E-state index contributed by atoms with van der Waals surface area (Å²) in [7, 11) is 0. The van der Waals surface area contributed by atoms with E-state index in [-0.39, 0.29) is 11.4 Å². The minimum atomic E-state index is -0.443. The van der Waals surface area contributed by atoms with E-state index in [2.05, 4.69) is 15.9 Å². The van der Waals surface area contributed by atoms with E-state index in [4.69, 9.17) is 4.74 Å². The van der Waals surface area contributed by atoms with Crippen LogP contribution >= 0.6 is 27.7 Å². The van der Waals surface area contributed by atoms with Crippen molar-refractivity contribution in [2.75, 3.05) is 6.61 Å². The zero-order valence-electron chi connectivity index (χ0n) is 13.9. The van der Waals surface area contributed by atoms with Gasteiger partial charge in [-0.25, -0.2) is 4.39 Å². The molecule has 0 atom stereocenters. The largest absolute Gasteiger partial charge is 0.493 e. The number of nitrogens with zero attached hydrogens (tertiary/aromatic N) is 1. The van der Waals surface area contributed by atoms with Crippen LogP contribution in [0, 0.1) is 5.82 Å². The van der Waals surface area contributed by atoms with Crippen LogP contribution in [0.4, 0.5) is 9.18 Å². The normalized spacial score (nSPS) is 15.8. The Bertz CT molecular complexity index is 900. The monoisotopic (exact) mass is 435 g/mol. The van der Waals surface area contributed by atoms with Crippen molar-refractivity contribution in [3.63, 3.8) is 0 Å². The molecule has 0 aromatic heterocycles. The van der Waals surface area contributed by atoms with Gasteiger partial charge in [0.15, 0.2) is 0 Å². The van der Waals surface area contributed by atoms with Crippen LogP contribution in [-0.2, 0) is 11.3 Å². The first-order chi connectivity index (χ1) is 12.5. The lowest BCUT2D eigenvalue weighted by Gasteiger charge is -2.13. The number of thioether (sulfide) groups is 1. The first-order valence-corrected chi connectivity index (χ1v) is 9.51. The summed E-state index contributed by atoms with van der Waals surface area (Å²) in [5.74, 6) is -0.261. The molecule has 0 aliphatic carbocycles. The summed E-state index contributed by atoms with van der Waals surface area (Å²) in [6.07, 6.45) is 1.63. The molecule has 134 valence electrons. The van der Waals surface area contributed by atoms with Gasteiger partial charge in [0.05, 0.1) is 18.1 Å². The average Bonchev–Trinajstić information content (AvgIpc) is 2.87. The van der Waals surface area contributed by atoms with Crippen molar-refractivity contribution < 1.29 is 18.7 Å². The van der Waals surface area contributed by atoms with E-state index in [0.29, 0.717) is 23.5 Å². The summed E-state index contributed by atoms with van der Waals surface area (Å²) in [6, 6.07) is 11.5. The predicted octanol–water partition coefficient (Wildman–Crippen LogP) is 5.22. The first-order valence-electron chi connectivity index (χ1n) is 7.90. The molecule has 7 heteroatoms. The third-order valence-electron chi connectivity index (χ3n) is 3.72. The van der Waals surface area contributed by atoms with Gasteiger partial charge in [-0.2, -0.15) is 0 Å². The Morgan fingerprint density at radius 3 is 2.73 bits per heavy atom. The lowest BCUT2D eigenvalue weighted by atomic mass is 10.1. The second-order valence-corrected chi connectivity index (χ2v) is 7.38. The second-order valence-electron chi connectivity index (χ2n) is 5.47. The van der Waals surface area contributed by atoms with Crippen LogP contribution in [0.5, 0.6) is 5.75 Å². The molecule has 4 nitrogen and oxygen atoms in total. The van der Waals surface area contributed by atoms with Crippen LogP contribution in [0.2, 0.25) is 0 Å². The fourth-order valence-electron chi connectivity index (χ4n) is 2.49. The Kier molecular flexibility index (Phi) is 5.78. The van der Waals surface area contributed by atoms with Crippen molar-refractivity contribution in [3.8, 4) is 5.75 Å².